The molecule has 0 aliphatic heterocycles. The van der Waals surface area contributed by atoms with Gasteiger partial charge in [0.15, 0.2) is 0 Å². The molecule has 3 nitrogen and oxygen atoms in total. The fourth-order valence-electron chi connectivity index (χ4n) is 2.78. The van der Waals surface area contributed by atoms with Crippen molar-refractivity contribution in [1.29, 1.82) is 0 Å². The van der Waals surface area contributed by atoms with Gasteiger partial charge in [0.1, 0.15) is 4.90 Å². The predicted octanol–water partition coefficient (Wildman–Crippen LogP) is 3.82. The molecule has 1 aliphatic rings. The van der Waals surface area contributed by atoms with Crippen molar-refractivity contribution in [3.8, 4) is 0 Å². The number of fused-ring (bicyclic) bond motifs is 1. The smallest absolute Gasteiger partial charge is 0.267 e. The number of aryl methyl sites for hydroxylation is 1. The lowest BCUT2D eigenvalue weighted by Crippen LogP contribution is -2.09. The molecular weight excluding hydrogens is 296 g/mol. The van der Waals surface area contributed by atoms with Crippen molar-refractivity contribution in [2.24, 2.45) is 0 Å². The minimum absolute atomic E-state index is 0.134. The Bertz CT molecular complexity index is 848. The van der Waals surface area contributed by atoms with Crippen LogP contribution in [0.2, 0.25) is 0 Å². The first kappa shape index (κ1) is 15.0. The second-order valence-electron chi connectivity index (χ2n) is 5.41. The highest BCUT2D eigenvalue weighted by Crippen LogP contribution is 2.35. The molecule has 0 aromatic heterocycles. The summed E-state index contributed by atoms with van der Waals surface area (Å²) in [4.78, 5) is 0.249. The van der Waals surface area contributed by atoms with Crippen LogP contribution in [0, 0.1) is 6.92 Å². The molecule has 0 heterocycles. The molecule has 0 saturated heterocycles. The predicted molar refractivity (Wildman–Crippen MR) is 88.0 cm³/mol. The highest BCUT2D eigenvalue weighted by molar-refractivity contribution is 7.86. The number of allylic oxidation sites excluding steroid dienone is 1. The van der Waals surface area contributed by atoms with E-state index in [0.717, 1.165) is 28.7 Å². The Balaban J connectivity index is 2.11. The van der Waals surface area contributed by atoms with E-state index in [0.29, 0.717) is 0 Å². The van der Waals surface area contributed by atoms with Crippen LogP contribution in [-0.2, 0) is 20.7 Å². The van der Waals surface area contributed by atoms with E-state index in [4.69, 9.17) is 4.18 Å². The molecule has 0 atom stereocenters. The molecule has 22 heavy (non-hydrogen) atoms. The number of hydrogen-bond donors (Lipinski definition) is 0. The molecular formula is C18H18O3S. The second kappa shape index (κ2) is 5.71. The van der Waals surface area contributed by atoms with Crippen molar-refractivity contribution in [3.63, 3.8) is 0 Å². The van der Waals surface area contributed by atoms with Crippen LogP contribution in [-0.4, -0.2) is 15.0 Å². The van der Waals surface area contributed by atoms with Crippen LogP contribution in [0.3, 0.4) is 0 Å². The topological polar surface area (TPSA) is 43.4 Å². The molecule has 114 valence electrons. The third kappa shape index (κ3) is 2.72. The maximum atomic E-state index is 12.3. The van der Waals surface area contributed by atoms with E-state index in [9.17, 15) is 8.42 Å². The van der Waals surface area contributed by atoms with Gasteiger partial charge in [-0.1, -0.05) is 48.0 Å². The molecule has 0 N–H and O–H groups in total. The zero-order valence-corrected chi connectivity index (χ0v) is 13.5. The average molecular weight is 314 g/mol. The van der Waals surface area contributed by atoms with Gasteiger partial charge in [0.25, 0.3) is 10.1 Å². The number of hydrogen-bond acceptors (Lipinski definition) is 3. The highest BCUT2D eigenvalue weighted by Gasteiger charge is 2.23. The standard InChI is InChI=1S/C18H18O3S/c1-3-21-22(19,20)18-9-8-13(2)10-17(18)16-11-14-6-4-5-7-15(14)12-16/h4-11H,3,12H2,1-2H3. The zero-order chi connectivity index (χ0) is 15.7. The summed E-state index contributed by atoms with van der Waals surface area (Å²) >= 11 is 0. The summed E-state index contributed by atoms with van der Waals surface area (Å²) in [7, 11) is -3.72. The maximum absolute atomic E-state index is 12.3. The summed E-state index contributed by atoms with van der Waals surface area (Å²) in [6.45, 7) is 3.77. The first-order chi connectivity index (χ1) is 10.5. The summed E-state index contributed by atoms with van der Waals surface area (Å²) in [6, 6.07) is 13.5. The van der Waals surface area contributed by atoms with Crippen LogP contribution in [0.15, 0.2) is 47.4 Å². The molecule has 4 heteroatoms. The lowest BCUT2D eigenvalue weighted by Gasteiger charge is -2.12. The monoisotopic (exact) mass is 314 g/mol. The van der Waals surface area contributed by atoms with Crippen molar-refractivity contribution in [1.82, 2.24) is 0 Å². The molecule has 0 radical (unpaired) electrons. The fourth-order valence-corrected chi connectivity index (χ4v) is 3.92. The van der Waals surface area contributed by atoms with Gasteiger partial charge in [-0.15, -0.1) is 0 Å². The third-order valence-corrected chi connectivity index (χ3v) is 5.23. The Morgan fingerprint density at radius 2 is 1.91 bits per heavy atom. The van der Waals surface area contributed by atoms with E-state index in [-0.39, 0.29) is 11.5 Å². The van der Waals surface area contributed by atoms with Crippen molar-refractivity contribution in [2.45, 2.75) is 25.2 Å². The lowest BCUT2D eigenvalue weighted by atomic mass is 10.0. The fraction of sp³-hybridized carbons (Fsp3) is 0.222. The van der Waals surface area contributed by atoms with E-state index in [1.165, 1.54) is 5.56 Å². The van der Waals surface area contributed by atoms with E-state index in [2.05, 4.69) is 18.2 Å². The van der Waals surface area contributed by atoms with Gasteiger partial charge in [-0.2, -0.15) is 8.42 Å². The molecule has 2 aromatic rings. The lowest BCUT2D eigenvalue weighted by molar-refractivity contribution is 0.338. The van der Waals surface area contributed by atoms with Crippen LogP contribution in [0.25, 0.3) is 11.6 Å². The SMILES string of the molecule is CCOS(=O)(=O)c1ccc(C)cc1C1=Cc2ccccc2C1. The Morgan fingerprint density at radius 3 is 2.64 bits per heavy atom. The quantitative estimate of drug-likeness (QED) is 0.806. The first-order valence-electron chi connectivity index (χ1n) is 7.30. The molecule has 0 saturated carbocycles. The van der Waals surface area contributed by atoms with Gasteiger partial charge >= 0.3 is 0 Å². The van der Waals surface area contributed by atoms with Crippen LogP contribution in [0.1, 0.15) is 29.2 Å². The van der Waals surface area contributed by atoms with Gasteiger partial charge < -0.3 is 0 Å². The Labute approximate surface area is 131 Å². The van der Waals surface area contributed by atoms with E-state index >= 15 is 0 Å². The van der Waals surface area contributed by atoms with E-state index in [1.807, 2.05) is 25.1 Å². The van der Waals surface area contributed by atoms with Crippen molar-refractivity contribution < 1.29 is 12.6 Å². The van der Waals surface area contributed by atoms with Gasteiger partial charge in [-0.25, -0.2) is 0 Å². The van der Waals surface area contributed by atoms with E-state index < -0.39 is 10.1 Å². The van der Waals surface area contributed by atoms with Crippen molar-refractivity contribution in [2.75, 3.05) is 6.61 Å². The minimum atomic E-state index is -3.72. The normalized spacial score (nSPS) is 13.8. The molecule has 0 bridgehead atoms. The molecule has 0 spiro atoms. The summed E-state index contributed by atoms with van der Waals surface area (Å²) in [5, 5.41) is 0. The Morgan fingerprint density at radius 1 is 1.14 bits per heavy atom. The third-order valence-electron chi connectivity index (χ3n) is 3.79. The van der Waals surface area contributed by atoms with Gasteiger partial charge in [0.05, 0.1) is 6.61 Å². The highest BCUT2D eigenvalue weighted by atomic mass is 32.2. The van der Waals surface area contributed by atoms with Crippen LogP contribution in [0.4, 0.5) is 0 Å². The zero-order valence-electron chi connectivity index (χ0n) is 12.7. The van der Waals surface area contributed by atoms with Crippen LogP contribution in [0.5, 0.6) is 0 Å². The average Bonchev–Trinajstić information content (AvgIpc) is 2.90. The van der Waals surface area contributed by atoms with Gasteiger partial charge in [-0.3, -0.25) is 4.18 Å². The van der Waals surface area contributed by atoms with Crippen LogP contribution >= 0.6 is 0 Å². The maximum Gasteiger partial charge on any atom is 0.297 e. The van der Waals surface area contributed by atoms with Crippen molar-refractivity contribution in [3.05, 3.63) is 64.7 Å². The summed E-state index contributed by atoms with van der Waals surface area (Å²) in [5.41, 5.74) is 5.16. The van der Waals surface area contributed by atoms with E-state index in [1.54, 1.807) is 19.1 Å². The summed E-state index contributed by atoms with van der Waals surface area (Å²) in [5.74, 6) is 0. The number of rotatable bonds is 4. The molecule has 0 unspecified atom stereocenters. The number of benzene rings is 2. The molecule has 3 rings (SSSR count). The summed E-state index contributed by atoms with van der Waals surface area (Å²) < 4.78 is 29.7. The molecule has 1 aliphatic carbocycles. The minimum Gasteiger partial charge on any atom is -0.267 e. The van der Waals surface area contributed by atoms with Gasteiger partial charge in [0, 0.05) is 0 Å². The Kier molecular flexibility index (Phi) is 3.89. The van der Waals surface area contributed by atoms with Crippen LogP contribution < -0.4 is 0 Å². The van der Waals surface area contributed by atoms with Crippen molar-refractivity contribution >= 4 is 21.8 Å². The molecule has 0 amide bonds. The largest absolute Gasteiger partial charge is 0.297 e. The molecule has 2 aromatic carbocycles. The first-order valence-corrected chi connectivity index (χ1v) is 8.71. The summed E-state index contributed by atoms with van der Waals surface area (Å²) in [6.07, 6.45) is 2.81. The second-order valence-corrected chi connectivity index (χ2v) is 6.99. The van der Waals surface area contributed by atoms with Gasteiger partial charge in [0.2, 0.25) is 0 Å². The Hall–Kier alpha value is -1.91. The molecule has 0 fully saturated rings. The van der Waals surface area contributed by atoms with Gasteiger partial charge in [-0.05, 0) is 48.6 Å².